The van der Waals surface area contributed by atoms with Crippen LogP contribution in [-0.2, 0) is 21.2 Å². The lowest BCUT2D eigenvalue weighted by atomic mass is 10.1. The Morgan fingerprint density at radius 1 is 1.08 bits per heavy atom. The van der Waals surface area contributed by atoms with Crippen LogP contribution in [-0.4, -0.2) is 34.4 Å². The Bertz CT molecular complexity index is 774. The van der Waals surface area contributed by atoms with Crippen LogP contribution in [0.3, 0.4) is 0 Å². The molecule has 0 aromatic heterocycles. The average molecular weight is 345 g/mol. The summed E-state index contributed by atoms with van der Waals surface area (Å²) >= 11 is 0. The molecule has 128 valence electrons. The van der Waals surface area contributed by atoms with Gasteiger partial charge < -0.3 is 9.64 Å². The lowest BCUT2D eigenvalue weighted by molar-refractivity contribution is 0.0929. The highest BCUT2D eigenvalue weighted by molar-refractivity contribution is 7.90. The zero-order chi connectivity index (χ0) is 17.0. The zero-order valence-electron chi connectivity index (χ0n) is 13.9. The Balaban J connectivity index is 1.58. The molecule has 0 saturated carbocycles. The summed E-state index contributed by atoms with van der Waals surface area (Å²) in [5, 5.41) is 0. The van der Waals surface area contributed by atoms with Crippen molar-refractivity contribution >= 4 is 15.5 Å². The Kier molecular flexibility index (Phi) is 5.21. The second kappa shape index (κ2) is 7.36. The highest BCUT2D eigenvalue weighted by Gasteiger charge is 2.26. The molecule has 0 spiro atoms. The summed E-state index contributed by atoms with van der Waals surface area (Å²) in [7, 11) is -3.21. The standard InChI is InChI=1S/C19H23NO3S/c1-24(21,22)19-10-6-5-9-18(19)20-12-11-17(13-20)15-23-14-16-7-3-2-4-8-16/h2-10,17H,11-15H2,1H3. The smallest absolute Gasteiger partial charge is 0.177 e. The minimum Gasteiger partial charge on any atom is -0.376 e. The first-order valence-electron chi connectivity index (χ1n) is 8.20. The Morgan fingerprint density at radius 2 is 1.79 bits per heavy atom. The molecule has 0 bridgehead atoms. The number of benzene rings is 2. The van der Waals surface area contributed by atoms with Gasteiger partial charge in [0.2, 0.25) is 0 Å². The van der Waals surface area contributed by atoms with Gasteiger partial charge in [0, 0.05) is 25.3 Å². The summed E-state index contributed by atoms with van der Waals surface area (Å²) in [6.07, 6.45) is 2.29. The molecule has 24 heavy (non-hydrogen) atoms. The van der Waals surface area contributed by atoms with E-state index in [1.165, 1.54) is 11.8 Å². The lowest BCUT2D eigenvalue weighted by Crippen LogP contribution is -2.23. The average Bonchev–Trinajstić information content (AvgIpc) is 3.04. The van der Waals surface area contributed by atoms with Gasteiger partial charge in [0.1, 0.15) is 0 Å². The first-order valence-corrected chi connectivity index (χ1v) is 10.1. The summed E-state index contributed by atoms with van der Waals surface area (Å²) in [6, 6.07) is 17.4. The fourth-order valence-electron chi connectivity index (χ4n) is 3.14. The van der Waals surface area contributed by atoms with Gasteiger partial charge in [-0.1, -0.05) is 42.5 Å². The van der Waals surface area contributed by atoms with E-state index in [2.05, 4.69) is 17.0 Å². The molecule has 5 heteroatoms. The van der Waals surface area contributed by atoms with Crippen molar-refractivity contribution in [3.8, 4) is 0 Å². The number of hydrogen-bond donors (Lipinski definition) is 0. The third kappa shape index (κ3) is 4.16. The van der Waals surface area contributed by atoms with Crippen LogP contribution < -0.4 is 4.90 Å². The SMILES string of the molecule is CS(=O)(=O)c1ccccc1N1CCC(COCc2ccccc2)C1. The third-order valence-electron chi connectivity index (χ3n) is 4.36. The second-order valence-corrected chi connectivity index (χ2v) is 8.33. The van der Waals surface area contributed by atoms with Crippen molar-refractivity contribution < 1.29 is 13.2 Å². The molecule has 2 aromatic rings. The fourth-order valence-corrected chi connectivity index (χ4v) is 4.04. The minimum atomic E-state index is -3.21. The summed E-state index contributed by atoms with van der Waals surface area (Å²) < 4.78 is 29.8. The number of hydrogen-bond acceptors (Lipinski definition) is 4. The largest absolute Gasteiger partial charge is 0.376 e. The highest BCUT2D eigenvalue weighted by atomic mass is 32.2. The number of para-hydroxylation sites is 1. The summed E-state index contributed by atoms with van der Waals surface area (Å²) in [6.45, 7) is 3.02. The molecule has 1 aliphatic rings. The van der Waals surface area contributed by atoms with Crippen LogP contribution in [0.4, 0.5) is 5.69 Å². The van der Waals surface area contributed by atoms with E-state index in [1.807, 2.05) is 30.3 Å². The van der Waals surface area contributed by atoms with E-state index in [0.29, 0.717) is 24.0 Å². The van der Waals surface area contributed by atoms with Gasteiger partial charge in [-0.05, 0) is 24.1 Å². The van der Waals surface area contributed by atoms with E-state index in [-0.39, 0.29) is 0 Å². The monoisotopic (exact) mass is 345 g/mol. The molecule has 1 aliphatic heterocycles. The molecule has 1 atom stereocenters. The molecular weight excluding hydrogens is 322 g/mol. The van der Waals surface area contributed by atoms with Gasteiger partial charge in [-0.2, -0.15) is 0 Å². The lowest BCUT2D eigenvalue weighted by Gasteiger charge is -2.21. The van der Waals surface area contributed by atoms with Crippen molar-refractivity contribution in [3.63, 3.8) is 0 Å². The molecule has 3 rings (SSSR count). The van der Waals surface area contributed by atoms with Crippen LogP contribution in [0.15, 0.2) is 59.5 Å². The molecule has 4 nitrogen and oxygen atoms in total. The Morgan fingerprint density at radius 3 is 2.54 bits per heavy atom. The van der Waals surface area contributed by atoms with Gasteiger partial charge in [0.15, 0.2) is 9.84 Å². The third-order valence-corrected chi connectivity index (χ3v) is 5.50. The first kappa shape index (κ1) is 17.0. The topological polar surface area (TPSA) is 46.6 Å². The summed E-state index contributed by atoms with van der Waals surface area (Å²) in [5.41, 5.74) is 1.99. The molecule has 0 N–H and O–H groups in total. The predicted molar refractivity (Wildman–Crippen MR) is 96.0 cm³/mol. The van der Waals surface area contributed by atoms with Crippen LogP contribution in [0, 0.1) is 5.92 Å². The van der Waals surface area contributed by atoms with E-state index in [4.69, 9.17) is 4.74 Å². The van der Waals surface area contributed by atoms with Crippen LogP contribution in [0.2, 0.25) is 0 Å². The van der Waals surface area contributed by atoms with Gasteiger partial charge in [0.05, 0.1) is 23.8 Å². The molecular formula is C19H23NO3S. The molecule has 2 aromatic carbocycles. The van der Waals surface area contributed by atoms with Crippen LogP contribution in [0.1, 0.15) is 12.0 Å². The maximum absolute atomic E-state index is 12.0. The van der Waals surface area contributed by atoms with Crippen molar-refractivity contribution in [1.82, 2.24) is 0 Å². The van der Waals surface area contributed by atoms with Gasteiger partial charge in [-0.15, -0.1) is 0 Å². The number of ether oxygens (including phenoxy) is 1. The van der Waals surface area contributed by atoms with Crippen molar-refractivity contribution in [2.45, 2.75) is 17.9 Å². The van der Waals surface area contributed by atoms with Gasteiger partial charge >= 0.3 is 0 Å². The maximum Gasteiger partial charge on any atom is 0.177 e. The summed E-state index contributed by atoms with van der Waals surface area (Å²) in [4.78, 5) is 2.57. The number of rotatable bonds is 6. The molecule has 1 heterocycles. The molecule has 1 unspecified atom stereocenters. The van der Waals surface area contributed by atoms with E-state index in [9.17, 15) is 8.42 Å². The van der Waals surface area contributed by atoms with E-state index in [1.54, 1.807) is 12.1 Å². The maximum atomic E-state index is 12.0. The fraction of sp³-hybridized carbons (Fsp3) is 0.368. The van der Waals surface area contributed by atoms with E-state index in [0.717, 1.165) is 25.2 Å². The van der Waals surface area contributed by atoms with Crippen molar-refractivity contribution in [2.24, 2.45) is 5.92 Å². The zero-order valence-corrected chi connectivity index (χ0v) is 14.7. The predicted octanol–water partition coefficient (Wildman–Crippen LogP) is 3.13. The van der Waals surface area contributed by atoms with Crippen molar-refractivity contribution in [3.05, 3.63) is 60.2 Å². The molecule has 1 fully saturated rings. The molecule has 0 aliphatic carbocycles. The first-order chi connectivity index (χ1) is 11.5. The minimum absolute atomic E-state index is 0.413. The van der Waals surface area contributed by atoms with E-state index >= 15 is 0 Å². The number of sulfone groups is 1. The number of nitrogens with zero attached hydrogens (tertiary/aromatic N) is 1. The normalized spacial score (nSPS) is 18.0. The van der Waals surface area contributed by atoms with Gasteiger partial charge in [-0.25, -0.2) is 8.42 Å². The van der Waals surface area contributed by atoms with Gasteiger partial charge in [-0.3, -0.25) is 0 Å². The van der Waals surface area contributed by atoms with E-state index < -0.39 is 9.84 Å². The summed E-state index contributed by atoms with van der Waals surface area (Å²) in [5.74, 6) is 0.432. The van der Waals surface area contributed by atoms with Crippen LogP contribution in [0.5, 0.6) is 0 Å². The quantitative estimate of drug-likeness (QED) is 0.807. The molecule has 0 amide bonds. The molecule has 1 saturated heterocycles. The highest BCUT2D eigenvalue weighted by Crippen LogP contribution is 2.30. The van der Waals surface area contributed by atoms with Crippen molar-refractivity contribution in [1.29, 1.82) is 0 Å². The van der Waals surface area contributed by atoms with Crippen molar-refractivity contribution in [2.75, 3.05) is 30.9 Å². The number of anilines is 1. The second-order valence-electron chi connectivity index (χ2n) is 6.34. The Labute approximate surface area is 144 Å². The van der Waals surface area contributed by atoms with Gasteiger partial charge in [0.25, 0.3) is 0 Å². The Hall–Kier alpha value is -1.85. The molecule has 0 radical (unpaired) electrons. The van der Waals surface area contributed by atoms with Crippen LogP contribution in [0.25, 0.3) is 0 Å². The van der Waals surface area contributed by atoms with Crippen LogP contribution >= 0.6 is 0 Å².